The van der Waals surface area contributed by atoms with Crippen molar-refractivity contribution in [2.45, 2.75) is 13.8 Å². The summed E-state index contributed by atoms with van der Waals surface area (Å²) >= 11 is 0. The Hall–Kier alpha value is -1.63. The monoisotopic (exact) mass is 176 g/mol. The lowest BCUT2D eigenvalue weighted by molar-refractivity contribution is 0.686. The van der Waals surface area contributed by atoms with Gasteiger partial charge in [-0.05, 0) is 5.92 Å². The second-order valence-corrected chi connectivity index (χ2v) is 3.18. The van der Waals surface area contributed by atoms with E-state index in [0.717, 1.165) is 6.54 Å². The predicted octanol–water partition coefficient (Wildman–Crippen LogP) is 1.42. The number of nitriles is 1. The standard InChI is InChI=1S/C9H12N4/c1-7(2)5-11-9-3-8(4-10)12-6-13-9/h3,6-7H,5H2,1-2H3,(H,11,12,13). The van der Waals surface area contributed by atoms with Crippen LogP contribution in [0.2, 0.25) is 0 Å². The Morgan fingerprint density at radius 2 is 2.31 bits per heavy atom. The van der Waals surface area contributed by atoms with E-state index in [2.05, 4.69) is 29.1 Å². The molecule has 0 aromatic carbocycles. The number of aromatic nitrogens is 2. The van der Waals surface area contributed by atoms with Crippen LogP contribution in [0.5, 0.6) is 0 Å². The van der Waals surface area contributed by atoms with E-state index in [4.69, 9.17) is 5.26 Å². The minimum absolute atomic E-state index is 0.390. The van der Waals surface area contributed by atoms with Gasteiger partial charge in [-0.15, -0.1) is 0 Å². The van der Waals surface area contributed by atoms with Crippen molar-refractivity contribution in [3.05, 3.63) is 18.1 Å². The van der Waals surface area contributed by atoms with Crippen molar-refractivity contribution in [2.75, 3.05) is 11.9 Å². The lowest BCUT2D eigenvalue weighted by Crippen LogP contribution is -2.09. The SMILES string of the molecule is CC(C)CNc1cc(C#N)ncn1. The highest BCUT2D eigenvalue weighted by molar-refractivity contribution is 5.38. The van der Waals surface area contributed by atoms with E-state index >= 15 is 0 Å². The van der Waals surface area contributed by atoms with Crippen molar-refractivity contribution in [3.63, 3.8) is 0 Å². The van der Waals surface area contributed by atoms with Gasteiger partial charge in [0.2, 0.25) is 0 Å². The summed E-state index contributed by atoms with van der Waals surface area (Å²) in [5.41, 5.74) is 0.390. The molecule has 0 saturated carbocycles. The third kappa shape index (κ3) is 3.08. The molecule has 0 radical (unpaired) electrons. The Kier molecular flexibility index (Phi) is 3.21. The average molecular weight is 176 g/mol. The van der Waals surface area contributed by atoms with Gasteiger partial charge in [0.1, 0.15) is 23.9 Å². The molecule has 1 rings (SSSR count). The summed E-state index contributed by atoms with van der Waals surface area (Å²) in [5.74, 6) is 1.26. The second kappa shape index (κ2) is 4.41. The Morgan fingerprint density at radius 3 is 2.92 bits per heavy atom. The predicted molar refractivity (Wildman–Crippen MR) is 50.1 cm³/mol. The highest BCUT2D eigenvalue weighted by atomic mass is 15.0. The largest absolute Gasteiger partial charge is 0.370 e. The molecule has 68 valence electrons. The van der Waals surface area contributed by atoms with Gasteiger partial charge in [-0.25, -0.2) is 9.97 Å². The molecule has 0 aliphatic heterocycles. The van der Waals surface area contributed by atoms with Crippen LogP contribution in [-0.2, 0) is 0 Å². The van der Waals surface area contributed by atoms with Crippen LogP contribution in [0.25, 0.3) is 0 Å². The second-order valence-electron chi connectivity index (χ2n) is 3.18. The smallest absolute Gasteiger partial charge is 0.145 e. The Balaban J connectivity index is 2.63. The summed E-state index contributed by atoms with van der Waals surface area (Å²) in [4.78, 5) is 7.76. The van der Waals surface area contributed by atoms with Gasteiger partial charge in [-0.3, -0.25) is 0 Å². The maximum absolute atomic E-state index is 8.57. The van der Waals surface area contributed by atoms with Crippen LogP contribution in [0.15, 0.2) is 12.4 Å². The molecule has 0 spiro atoms. The van der Waals surface area contributed by atoms with E-state index in [1.54, 1.807) is 6.07 Å². The molecule has 0 fully saturated rings. The molecular formula is C9H12N4. The zero-order valence-electron chi connectivity index (χ0n) is 7.78. The molecule has 0 bridgehead atoms. The summed E-state index contributed by atoms with van der Waals surface area (Å²) in [5, 5.41) is 11.7. The van der Waals surface area contributed by atoms with Crippen LogP contribution in [0.3, 0.4) is 0 Å². The molecule has 0 saturated heterocycles. The van der Waals surface area contributed by atoms with Crippen LogP contribution in [0, 0.1) is 17.2 Å². The van der Waals surface area contributed by atoms with Crippen LogP contribution in [-0.4, -0.2) is 16.5 Å². The van der Waals surface area contributed by atoms with E-state index in [0.29, 0.717) is 17.4 Å². The van der Waals surface area contributed by atoms with Crippen LogP contribution in [0.1, 0.15) is 19.5 Å². The molecule has 4 nitrogen and oxygen atoms in total. The van der Waals surface area contributed by atoms with Gasteiger partial charge in [-0.2, -0.15) is 5.26 Å². The topological polar surface area (TPSA) is 61.6 Å². The van der Waals surface area contributed by atoms with Crippen molar-refractivity contribution in [3.8, 4) is 6.07 Å². The van der Waals surface area contributed by atoms with Gasteiger partial charge in [0, 0.05) is 12.6 Å². The summed E-state index contributed by atoms with van der Waals surface area (Å²) in [6.45, 7) is 5.07. The molecular weight excluding hydrogens is 164 g/mol. The molecule has 0 amide bonds. The molecule has 1 N–H and O–H groups in total. The van der Waals surface area contributed by atoms with Crippen molar-refractivity contribution in [1.82, 2.24) is 9.97 Å². The molecule has 0 atom stereocenters. The number of rotatable bonds is 3. The van der Waals surface area contributed by atoms with Gasteiger partial charge in [0.15, 0.2) is 0 Å². The fourth-order valence-electron chi connectivity index (χ4n) is 0.824. The Morgan fingerprint density at radius 1 is 1.54 bits per heavy atom. The number of nitrogens with one attached hydrogen (secondary N) is 1. The highest BCUT2D eigenvalue weighted by Gasteiger charge is 1.97. The molecule has 1 aromatic heterocycles. The molecule has 4 heteroatoms. The van der Waals surface area contributed by atoms with Crippen LogP contribution in [0.4, 0.5) is 5.82 Å². The van der Waals surface area contributed by atoms with Crippen molar-refractivity contribution in [2.24, 2.45) is 5.92 Å². The van der Waals surface area contributed by atoms with Gasteiger partial charge in [0.25, 0.3) is 0 Å². The molecule has 0 unspecified atom stereocenters. The molecule has 0 aliphatic carbocycles. The maximum atomic E-state index is 8.57. The lowest BCUT2D eigenvalue weighted by atomic mass is 10.2. The van der Waals surface area contributed by atoms with E-state index in [-0.39, 0.29) is 0 Å². The van der Waals surface area contributed by atoms with Gasteiger partial charge >= 0.3 is 0 Å². The summed E-state index contributed by atoms with van der Waals surface area (Å²) < 4.78 is 0. The summed E-state index contributed by atoms with van der Waals surface area (Å²) in [6.07, 6.45) is 1.39. The molecule has 0 aliphatic rings. The highest BCUT2D eigenvalue weighted by Crippen LogP contribution is 2.03. The van der Waals surface area contributed by atoms with E-state index in [1.165, 1.54) is 6.33 Å². The van der Waals surface area contributed by atoms with Gasteiger partial charge in [-0.1, -0.05) is 13.8 Å². The zero-order valence-corrected chi connectivity index (χ0v) is 7.78. The summed E-state index contributed by atoms with van der Waals surface area (Å²) in [7, 11) is 0. The van der Waals surface area contributed by atoms with Gasteiger partial charge < -0.3 is 5.32 Å². The number of anilines is 1. The summed E-state index contributed by atoms with van der Waals surface area (Å²) in [6, 6.07) is 3.61. The van der Waals surface area contributed by atoms with Crippen molar-refractivity contribution >= 4 is 5.82 Å². The van der Waals surface area contributed by atoms with Crippen molar-refractivity contribution < 1.29 is 0 Å². The minimum Gasteiger partial charge on any atom is -0.370 e. The van der Waals surface area contributed by atoms with E-state index in [1.807, 2.05) is 6.07 Å². The first-order chi connectivity index (χ1) is 6.22. The average Bonchev–Trinajstić information content (AvgIpc) is 2.15. The van der Waals surface area contributed by atoms with Crippen LogP contribution >= 0.6 is 0 Å². The molecule has 1 aromatic rings. The maximum Gasteiger partial charge on any atom is 0.145 e. The van der Waals surface area contributed by atoms with Crippen molar-refractivity contribution in [1.29, 1.82) is 5.26 Å². The van der Waals surface area contributed by atoms with Crippen LogP contribution < -0.4 is 5.32 Å². The zero-order chi connectivity index (χ0) is 9.68. The molecule has 1 heterocycles. The normalized spacial score (nSPS) is 9.69. The lowest BCUT2D eigenvalue weighted by Gasteiger charge is -2.06. The minimum atomic E-state index is 0.390. The number of hydrogen-bond acceptors (Lipinski definition) is 4. The van der Waals surface area contributed by atoms with E-state index in [9.17, 15) is 0 Å². The fraction of sp³-hybridized carbons (Fsp3) is 0.444. The number of nitrogens with zero attached hydrogens (tertiary/aromatic N) is 3. The third-order valence-electron chi connectivity index (χ3n) is 1.47. The third-order valence-corrected chi connectivity index (χ3v) is 1.47. The Bertz CT molecular complexity index is 314. The number of hydrogen-bond donors (Lipinski definition) is 1. The first kappa shape index (κ1) is 9.46. The fourth-order valence-corrected chi connectivity index (χ4v) is 0.824. The molecule has 13 heavy (non-hydrogen) atoms. The Labute approximate surface area is 77.6 Å². The first-order valence-electron chi connectivity index (χ1n) is 4.18. The first-order valence-corrected chi connectivity index (χ1v) is 4.18. The van der Waals surface area contributed by atoms with Gasteiger partial charge in [0.05, 0.1) is 0 Å². The van der Waals surface area contributed by atoms with E-state index < -0.39 is 0 Å². The quantitative estimate of drug-likeness (QED) is 0.756.